The molecule has 14 heavy (non-hydrogen) atoms. The SMILES string of the molecule is N#CC1=CCC(C(=O)O)C(C(=O)O)C1. The molecule has 0 bridgehead atoms. The second-order valence-corrected chi connectivity index (χ2v) is 3.17. The molecule has 74 valence electrons. The summed E-state index contributed by atoms with van der Waals surface area (Å²) in [5.41, 5.74) is 0.356. The van der Waals surface area contributed by atoms with Crippen LogP contribution < -0.4 is 0 Å². The summed E-state index contributed by atoms with van der Waals surface area (Å²) in [6.45, 7) is 0. The van der Waals surface area contributed by atoms with Gasteiger partial charge in [0.2, 0.25) is 0 Å². The lowest BCUT2D eigenvalue weighted by Crippen LogP contribution is -2.32. The van der Waals surface area contributed by atoms with Crippen LogP contribution in [0.1, 0.15) is 12.8 Å². The van der Waals surface area contributed by atoms with Gasteiger partial charge in [-0.25, -0.2) is 0 Å². The van der Waals surface area contributed by atoms with Crippen molar-refractivity contribution in [1.82, 2.24) is 0 Å². The normalized spacial score (nSPS) is 26.1. The van der Waals surface area contributed by atoms with Gasteiger partial charge < -0.3 is 10.2 Å². The van der Waals surface area contributed by atoms with Crippen molar-refractivity contribution in [1.29, 1.82) is 5.26 Å². The van der Waals surface area contributed by atoms with Crippen LogP contribution in [0.15, 0.2) is 11.6 Å². The Balaban J connectivity index is 2.90. The minimum atomic E-state index is -1.15. The van der Waals surface area contributed by atoms with Gasteiger partial charge >= 0.3 is 11.9 Å². The molecule has 5 heteroatoms. The van der Waals surface area contributed by atoms with Crippen molar-refractivity contribution in [2.45, 2.75) is 12.8 Å². The van der Waals surface area contributed by atoms with Crippen LogP contribution in [0.25, 0.3) is 0 Å². The highest BCUT2D eigenvalue weighted by atomic mass is 16.4. The van der Waals surface area contributed by atoms with Crippen LogP contribution >= 0.6 is 0 Å². The van der Waals surface area contributed by atoms with E-state index in [-0.39, 0.29) is 12.8 Å². The highest BCUT2D eigenvalue weighted by Gasteiger charge is 2.36. The van der Waals surface area contributed by atoms with Gasteiger partial charge in [0.05, 0.1) is 17.9 Å². The first-order chi connectivity index (χ1) is 6.56. The number of nitriles is 1. The van der Waals surface area contributed by atoms with Gasteiger partial charge in [-0.3, -0.25) is 9.59 Å². The van der Waals surface area contributed by atoms with Crippen molar-refractivity contribution in [2.75, 3.05) is 0 Å². The molecule has 1 rings (SSSR count). The molecule has 2 unspecified atom stereocenters. The molecule has 2 atom stereocenters. The maximum atomic E-state index is 10.7. The van der Waals surface area contributed by atoms with E-state index < -0.39 is 23.8 Å². The Labute approximate surface area is 80.3 Å². The number of carboxylic acid groups (broad SMARTS) is 2. The monoisotopic (exact) mass is 195 g/mol. The van der Waals surface area contributed by atoms with Gasteiger partial charge in [0.15, 0.2) is 0 Å². The number of nitrogens with zero attached hydrogens (tertiary/aromatic N) is 1. The number of allylic oxidation sites excluding steroid dienone is 2. The Morgan fingerprint density at radius 3 is 2.36 bits per heavy atom. The van der Waals surface area contributed by atoms with Gasteiger partial charge in [-0.2, -0.15) is 5.26 Å². The molecular formula is C9H9NO4. The van der Waals surface area contributed by atoms with E-state index in [2.05, 4.69) is 0 Å². The molecule has 0 saturated heterocycles. The van der Waals surface area contributed by atoms with Crippen LogP contribution in [0, 0.1) is 23.2 Å². The summed E-state index contributed by atoms with van der Waals surface area (Å²) >= 11 is 0. The topological polar surface area (TPSA) is 98.4 Å². The van der Waals surface area contributed by atoms with Crippen LogP contribution in [0.2, 0.25) is 0 Å². The molecule has 0 radical (unpaired) electrons. The average Bonchev–Trinajstić information content (AvgIpc) is 2.16. The summed E-state index contributed by atoms with van der Waals surface area (Å²) in [5, 5.41) is 26.1. The van der Waals surface area contributed by atoms with E-state index in [9.17, 15) is 9.59 Å². The summed E-state index contributed by atoms with van der Waals surface area (Å²) in [7, 11) is 0. The molecule has 0 aromatic rings. The first-order valence-corrected chi connectivity index (χ1v) is 4.11. The lowest BCUT2D eigenvalue weighted by Gasteiger charge is -2.22. The number of carbonyl (C=O) groups is 2. The zero-order chi connectivity index (χ0) is 10.7. The standard InChI is InChI=1S/C9H9NO4/c10-4-5-1-2-6(8(11)12)7(3-5)9(13)14/h1,6-7H,2-3H2,(H,11,12)(H,13,14). The van der Waals surface area contributed by atoms with E-state index in [1.165, 1.54) is 6.08 Å². The first-order valence-electron chi connectivity index (χ1n) is 4.11. The summed E-state index contributed by atoms with van der Waals surface area (Å²) in [5.74, 6) is -4.17. The minimum absolute atomic E-state index is 0.0167. The van der Waals surface area contributed by atoms with Crippen LogP contribution in [0.3, 0.4) is 0 Å². The Bertz CT molecular complexity index is 339. The molecule has 0 saturated carbocycles. The molecule has 5 nitrogen and oxygen atoms in total. The molecular weight excluding hydrogens is 186 g/mol. The van der Waals surface area contributed by atoms with E-state index in [0.29, 0.717) is 5.57 Å². The second kappa shape index (κ2) is 3.92. The summed E-state index contributed by atoms with van der Waals surface area (Å²) in [6, 6.07) is 1.85. The molecule has 0 aliphatic heterocycles. The molecule has 1 aliphatic carbocycles. The van der Waals surface area contributed by atoms with Crippen molar-refractivity contribution in [2.24, 2.45) is 11.8 Å². The number of hydrogen-bond donors (Lipinski definition) is 2. The first kappa shape index (κ1) is 10.3. The number of rotatable bonds is 2. The Morgan fingerprint density at radius 2 is 1.93 bits per heavy atom. The van der Waals surface area contributed by atoms with Gasteiger partial charge in [-0.15, -0.1) is 0 Å². The van der Waals surface area contributed by atoms with E-state index in [4.69, 9.17) is 15.5 Å². The van der Waals surface area contributed by atoms with E-state index in [1.54, 1.807) is 0 Å². The molecule has 0 aromatic carbocycles. The van der Waals surface area contributed by atoms with E-state index >= 15 is 0 Å². The Morgan fingerprint density at radius 1 is 1.36 bits per heavy atom. The minimum Gasteiger partial charge on any atom is -0.481 e. The van der Waals surface area contributed by atoms with Gasteiger partial charge in [0.25, 0.3) is 0 Å². The predicted octanol–water partition coefficient (Wildman–Crippen LogP) is 0.632. The molecule has 1 aliphatic rings. The van der Waals surface area contributed by atoms with Crippen molar-refractivity contribution >= 4 is 11.9 Å². The third-order valence-electron chi connectivity index (χ3n) is 2.32. The zero-order valence-corrected chi connectivity index (χ0v) is 7.30. The fourth-order valence-electron chi connectivity index (χ4n) is 1.52. The molecule has 0 fully saturated rings. The number of carboxylic acids is 2. The summed E-state index contributed by atoms with van der Waals surface area (Å²) in [4.78, 5) is 21.4. The molecule has 0 spiro atoms. The second-order valence-electron chi connectivity index (χ2n) is 3.17. The van der Waals surface area contributed by atoms with Crippen LogP contribution in [-0.4, -0.2) is 22.2 Å². The van der Waals surface area contributed by atoms with E-state index in [1.807, 2.05) is 6.07 Å². The average molecular weight is 195 g/mol. The van der Waals surface area contributed by atoms with E-state index in [0.717, 1.165) is 0 Å². The smallest absolute Gasteiger partial charge is 0.307 e. The van der Waals surface area contributed by atoms with Crippen LogP contribution in [0.4, 0.5) is 0 Å². The maximum absolute atomic E-state index is 10.7. The highest BCUT2D eigenvalue weighted by Crippen LogP contribution is 2.29. The van der Waals surface area contributed by atoms with Crippen molar-refractivity contribution in [3.05, 3.63) is 11.6 Å². The molecule has 0 heterocycles. The van der Waals surface area contributed by atoms with Gasteiger partial charge in [-0.05, 0) is 12.8 Å². The predicted molar refractivity (Wildman–Crippen MR) is 45.2 cm³/mol. The van der Waals surface area contributed by atoms with Gasteiger partial charge in [0.1, 0.15) is 0 Å². The van der Waals surface area contributed by atoms with Crippen LogP contribution in [0.5, 0.6) is 0 Å². The fraction of sp³-hybridized carbons (Fsp3) is 0.444. The highest BCUT2D eigenvalue weighted by molar-refractivity contribution is 5.81. The third-order valence-corrected chi connectivity index (χ3v) is 2.32. The number of hydrogen-bond acceptors (Lipinski definition) is 3. The lowest BCUT2D eigenvalue weighted by molar-refractivity contribution is -0.153. The van der Waals surface area contributed by atoms with Gasteiger partial charge in [0, 0.05) is 5.57 Å². The number of aliphatic carboxylic acids is 2. The molecule has 2 N–H and O–H groups in total. The third kappa shape index (κ3) is 1.91. The van der Waals surface area contributed by atoms with Crippen molar-refractivity contribution in [3.63, 3.8) is 0 Å². The zero-order valence-electron chi connectivity index (χ0n) is 7.30. The lowest BCUT2D eigenvalue weighted by atomic mass is 9.80. The quantitative estimate of drug-likeness (QED) is 0.673. The Hall–Kier alpha value is -1.83. The molecule has 0 aromatic heterocycles. The van der Waals surface area contributed by atoms with Crippen molar-refractivity contribution in [3.8, 4) is 6.07 Å². The van der Waals surface area contributed by atoms with Gasteiger partial charge in [-0.1, -0.05) is 6.08 Å². The fourth-order valence-corrected chi connectivity index (χ4v) is 1.52. The molecule has 0 amide bonds. The Kier molecular flexibility index (Phi) is 2.87. The summed E-state index contributed by atoms with van der Waals surface area (Å²) < 4.78 is 0. The van der Waals surface area contributed by atoms with Crippen LogP contribution in [-0.2, 0) is 9.59 Å². The maximum Gasteiger partial charge on any atom is 0.307 e. The summed E-state index contributed by atoms with van der Waals surface area (Å²) in [6.07, 6.45) is 1.64. The largest absolute Gasteiger partial charge is 0.481 e. The van der Waals surface area contributed by atoms with Crippen molar-refractivity contribution < 1.29 is 19.8 Å².